The van der Waals surface area contributed by atoms with Gasteiger partial charge in [0.2, 0.25) is 12.3 Å². The standard InChI is InChI=1S/C36H47N4O10P/c1-4-7-8-9-30(31(5-2)40(24-41)50-36(44)25-10-12-27(13-11-25)39-16-18-47-19-17-39)34(42)37-23-38-35(43)33-15-14-32(49-33)26-20-28(48-6-3)22-29(21-26)51(45)46/h10-15,20-22,24,30-31,45-46H,4-9,16-19,23H2,1-3H3,(H,37,42)(H,38,43). The van der Waals surface area contributed by atoms with Crippen molar-refractivity contribution in [3.63, 3.8) is 0 Å². The molecular formula is C36H47N4O10P. The van der Waals surface area contributed by atoms with Crippen LogP contribution in [0.5, 0.6) is 5.75 Å². The third-order valence-corrected chi connectivity index (χ3v) is 9.22. The number of hydrogen-bond donors (Lipinski definition) is 4. The molecule has 0 saturated carbocycles. The summed E-state index contributed by atoms with van der Waals surface area (Å²) in [5, 5.41) is 6.52. The van der Waals surface area contributed by atoms with Gasteiger partial charge in [-0.3, -0.25) is 14.4 Å². The quantitative estimate of drug-likeness (QED) is 0.0459. The Kier molecular flexibility index (Phi) is 15.2. The Bertz CT molecular complexity index is 1590. The molecule has 2 unspecified atom stereocenters. The first-order chi connectivity index (χ1) is 24.7. The maximum Gasteiger partial charge on any atom is 0.363 e. The average molecular weight is 727 g/mol. The number of nitrogens with one attached hydrogen (secondary N) is 2. The third-order valence-electron chi connectivity index (χ3n) is 8.50. The number of carbonyl (C=O) groups is 4. The minimum Gasteiger partial charge on any atom is -0.494 e. The van der Waals surface area contributed by atoms with Crippen LogP contribution in [0.25, 0.3) is 11.3 Å². The highest BCUT2D eigenvalue weighted by Crippen LogP contribution is 2.31. The summed E-state index contributed by atoms with van der Waals surface area (Å²) >= 11 is 0. The lowest BCUT2D eigenvalue weighted by molar-refractivity contribution is -0.171. The van der Waals surface area contributed by atoms with Crippen molar-refractivity contribution in [3.05, 3.63) is 65.9 Å². The molecule has 2 heterocycles. The Labute approximate surface area is 298 Å². The van der Waals surface area contributed by atoms with Crippen LogP contribution in [-0.2, 0) is 19.2 Å². The predicted octanol–water partition coefficient (Wildman–Crippen LogP) is 4.11. The number of rotatable bonds is 19. The molecule has 1 aliphatic heterocycles. The number of anilines is 1. The molecule has 3 aromatic rings. The summed E-state index contributed by atoms with van der Waals surface area (Å²) in [6, 6.07) is 13.9. The van der Waals surface area contributed by atoms with E-state index in [2.05, 4.69) is 15.5 Å². The van der Waals surface area contributed by atoms with Crippen LogP contribution in [0.2, 0.25) is 0 Å². The molecule has 1 fully saturated rings. The van der Waals surface area contributed by atoms with Gasteiger partial charge in [0.15, 0.2) is 14.1 Å². The highest BCUT2D eigenvalue weighted by atomic mass is 31.2. The highest BCUT2D eigenvalue weighted by molar-refractivity contribution is 7.54. The number of nitrogens with zero attached hydrogens (tertiary/aromatic N) is 2. The molecule has 2 atom stereocenters. The first-order valence-electron chi connectivity index (χ1n) is 17.2. The van der Waals surface area contributed by atoms with Gasteiger partial charge >= 0.3 is 5.97 Å². The van der Waals surface area contributed by atoms with E-state index in [1.165, 1.54) is 12.1 Å². The van der Waals surface area contributed by atoms with Gasteiger partial charge in [0, 0.05) is 29.6 Å². The van der Waals surface area contributed by atoms with Crippen molar-refractivity contribution in [1.82, 2.24) is 15.7 Å². The van der Waals surface area contributed by atoms with Gasteiger partial charge in [-0.15, -0.1) is 0 Å². The molecule has 1 aliphatic rings. The average Bonchev–Trinajstić information content (AvgIpc) is 3.65. The van der Waals surface area contributed by atoms with E-state index in [1.54, 1.807) is 44.2 Å². The number of hydroxylamine groups is 2. The Morgan fingerprint density at radius 1 is 1.00 bits per heavy atom. The number of unbranched alkanes of at least 4 members (excludes halogenated alkanes) is 2. The lowest BCUT2D eigenvalue weighted by Gasteiger charge is -2.32. The number of furan rings is 1. The van der Waals surface area contributed by atoms with E-state index in [1.807, 2.05) is 19.1 Å². The monoisotopic (exact) mass is 726 g/mol. The predicted molar refractivity (Wildman–Crippen MR) is 191 cm³/mol. The van der Waals surface area contributed by atoms with Crippen molar-refractivity contribution in [2.24, 2.45) is 5.92 Å². The molecule has 0 aliphatic carbocycles. The molecule has 0 spiro atoms. The first-order valence-corrected chi connectivity index (χ1v) is 18.4. The maximum atomic E-state index is 13.5. The van der Waals surface area contributed by atoms with Gasteiger partial charge in [-0.05, 0) is 74.4 Å². The van der Waals surface area contributed by atoms with E-state index < -0.39 is 38.1 Å². The first kappa shape index (κ1) is 39.3. The van der Waals surface area contributed by atoms with E-state index >= 15 is 0 Å². The minimum absolute atomic E-state index is 0.0270. The fourth-order valence-electron chi connectivity index (χ4n) is 5.84. The molecule has 0 bridgehead atoms. The van der Waals surface area contributed by atoms with Crippen molar-refractivity contribution in [2.75, 3.05) is 44.5 Å². The molecule has 4 N–H and O–H groups in total. The molecule has 1 aromatic heterocycles. The van der Waals surface area contributed by atoms with Crippen LogP contribution < -0.4 is 25.6 Å². The summed E-state index contributed by atoms with van der Waals surface area (Å²) in [5.41, 5.74) is 1.70. The minimum atomic E-state index is -2.38. The Morgan fingerprint density at radius 3 is 2.39 bits per heavy atom. The number of hydrogen-bond acceptors (Lipinski definition) is 11. The molecule has 51 heavy (non-hydrogen) atoms. The summed E-state index contributed by atoms with van der Waals surface area (Å²) in [6.45, 7) is 8.55. The summed E-state index contributed by atoms with van der Waals surface area (Å²) in [7, 11) is -2.38. The van der Waals surface area contributed by atoms with E-state index in [0.29, 0.717) is 62.6 Å². The zero-order chi connectivity index (χ0) is 36.8. The molecule has 4 rings (SSSR count). The zero-order valence-corrected chi connectivity index (χ0v) is 30.1. The second-order valence-corrected chi connectivity index (χ2v) is 13.0. The van der Waals surface area contributed by atoms with Crippen LogP contribution in [0.3, 0.4) is 0 Å². The van der Waals surface area contributed by atoms with Crippen LogP contribution in [0, 0.1) is 5.92 Å². The van der Waals surface area contributed by atoms with Crippen molar-refractivity contribution in [1.29, 1.82) is 0 Å². The van der Waals surface area contributed by atoms with E-state index in [-0.39, 0.29) is 23.3 Å². The Hall–Kier alpha value is -4.49. The smallest absolute Gasteiger partial charge is 0.363 e. The van der Waals surface area contributed by atoms with Gasteiger partial charge < -0.3 is 44.0 Å². The lowest BCUT2D eigenvalue weighted by atomic mass is 9.90. The van der Waals surface area contributed by atoms with Crippen molar-refractivity contribution in [2.45, 2.75) is 58.9 Å². The SMILES string of the molecule is CCCCCC(C(=O)NCNC(=O)c1ccc(-c2cc(OCC)cc(P(O)O)c2)o1)C(CC)N(C=O)OC(=O)c1ccc(N2CCOCC2)cc1. The summed E-state index contributed by atoms with van der Waals surface area (Å²) in [6.07, 6.45) is 3.65. The molecule has 2 aromatic carbocycles. The van der Waals surface area contributed by atoms with Crippen molar-refractivity contribution in [3.8, 4) is 17.1 Å². The largest absolute Gasteiger partial charge is 0.494 e. The summed E-state index contributed by atoms with van der Waals surface area (Å²) < 4.78 is 16.7. The van der Waals surface area contributed by atoms with Gasteiger partial charge in [0.05, 0.1) is 44.0 Å². The van der Waals surface area contributed by atoms with E-state index in [4.69, 9.17) is 18.7 Å². The number of ether oxygens (including phenoxy) is 2. The molecule has 15 heteroatoms. The van der Waals surface area contributed by atoms with Crippen LogP contribution in [0.4, 0.5) is 5.69 Å². The van der Waals surface area contributed by atoms with Gasteiger partial charge in [-0.1, -0.05) is 33.1 Å². The molecule has 14 nitrogen and oxygen atoms in total. The fourth-order valence-corrected chi connectivity index (χ4v) is 6.33. The van der Waals surface area contributed by atoms with Crippen LogP contribution in [0.15, 0.2) is 59.0 Å². The van der Waals surface area contributed by atoms with Crippen LogP contribution in [-0.4, -0.2) is 84.7 Å². The van der Waals surface area contributed by atoms with Gasteiger partial charge in [0.25, 0.3) is 5.91 Å². The van der Waals surface area contributed by atoms with Crippen LogP contribution in [0.1, 0.15) is 73.8 Å². The van der Waals surface area contributed by atoms with Crippen molar-refractivity contribution >= 4 is 43.6 Å². The fraction of sp³-hybridized carbons (Fsp3) is 0.444. The topological polar surface area (TPSA) is 180 Å². The Morgan fingerprint density at radius 2 is 1.75 bits per heavy atom. The maximum absolute atomic E-state index is 13.5. The van der Waals surface area contributed by atoms with E-state index in [9.17, 15) is 29.0 Å². The number of amides is 3. The number of carbonyl (C=O) groups excluding carboxylic acids is 4. The summed E-state index contributed by atoms with van der Waals surface area (Å²) in [4.78, 5) is 79.0. The molecule has 3 amide bonds. The normalized spacial score (nSPS) is 14.0. The van der Waals surface area contributed by atoms with E-state index in [0.717, 1.165) is 36.7 Å². The molecule has 276 valence electrons. The van der Waals surface area contributed by atoms with Gasteiger partial charge in [-0.2, -0.15) is 5.06 Å². The number of benzene rings is 2. The summed E-state index contributed by atoms with van der Waals surface area (Å²) in [5.74, 6) is -1.76. The number of morpholine rings is 1. The molecular weight excluding hydrogens is 679 g/mol. The van der Waals surface area contributed by atoms with Crippen molar-refractivity contribution < 1.29 is 47.7 Å². The lowest BCUT2D eigenvalue weighted by Crippen LogP contribution is -2.49. The van der Waals surface area contributed by atoms with Gasteiger partial charge in [0.1, 0.15) is 11.5 Å². The zero-order valence-electron chi connectivity index (χ0n) is 29.2. The molecule has 0 radical (unpaired) electrons. The highest BCUT2D eigenvalue weighted by Gasteiger charge is 2.33. The third kappa shape index (κ3) is 11.0. The van der Waals surface area contributed by atoms with Crippen LogP contribution >= 0.6 is 8.38 Å². The Balaban J connectivity index is 1.38. The second kappa shape index (κ2) is 19.8. The molecule has 1 saturated heterocycles. The second-order valence-electron chi connectivity index (χ2n) is 11.9. The van der Waals surface area contributed by atoms with Gasteiger partial charge in [-0.25, -0.2) is 4.79 Å².